The van der Waals surface area contributed by atoms with Gasteiger partial charge in [-0.05, 0) is 56.2 Å². The Morgan fingerprint density at radius 3 is 1.62 bits per heavy atom. The number of nitrogens with zero attached hydrogens (tertiary/aromatic N) is 1. The molecule has 0 N–H and O–H groups in total. The van der Waals surface area contributed by atoms with E-state index >= 15 is 0 Å². The monoisotopic (exact) mass is 354 g/mol. The molecule has 0 bridgehead atoms. The van der Waals surface area contributed by atoms with E-state index < -0.39 is 0 Å². The lowest BCUT2D eigenvalue weighted by atomic mass is 10.1. The predicted octanol–water partition coefficient (Wildman–Crippen LogP) is 5.12. The maximum Gasteiger partial charge on any atom is 0.137 e. The van der Waals surface area contributed by atoms with E-state index in [1.807, 2.05) is 36.4 Å². The molecule has 3 heteroatoms. The molecular weight excluding hydrogens is 322 g/mol. The summed E-state index contributed by atoms with van der Waals surface area (Å²) in [5.74, 6) is 1.81. The second-order valence-corrected chi connectivity index (χ2v) is 6.54. The summed E-state index contributed by atoms with van der Waals surface area (Å²) < 4.78 is 12.3. The summed E-state index contributed by atoms with van der Waals surface area (Å²) in [6.07, 6.45) is 4.21. The third-order valence-electron chi connectivity index (χ3n) is 5.31. The van der Waals surface area contributed by atoms with Crippen LogP contribution in [-0.4, -0.2) is 44.4 Å². The van der Waals surface area contributed by atoms with Gasteiger partial charge in [0.05, 0.1) is 26.7 Å². The van der Waals surface area contributed by atoms with Crippen molar-refractivity contribution in [2.45, 2.75) is 20.8 Å². The summed E-state index contributed by atoms with van der Waals surface area (Å²) >= 11 is 0. The molecular formula is C23H32NO2+. The van der Waals surface area contributed by atoms with E-state index in [1.54, 1.807) is 7.11 Å². The lowest BCUT2D eigenvalue weighted by Gasteiger charge is -2.35. The molecule has 140 valence electrons. The Balaban J connectivity index is 1.88. The fourth-order valence-electron chi connectivity index (χ4n) is 3.08. The number of methoxy groups -OCH3 is 1. The van der Waals surface area contributed by atoms with Gasteiger partial charge in [0, 0.05) is 0 Å². The van der Waals surface area contributed by atoms with Gasteiger partial charge in [-0.15, -0.1) is 0 Å². The standard InChI is InChI=1S/C23H32NO2/c1-5-24(6-2,7-3)18-19-26-23-16-12-21(13-17-23)9-8-20-10-14-22(25-4)15-11-20/h8-17H,5-7,18-19H2,1-4H3/q+1. The number of likely N-dealkylation sites (N-methyl/N-ethyl adjacent to an activating group) is 1. The Morgan fingerprint density at radius 1 is 0.731 bits per heavy atom. The molecule has 0 aliphatic rings. The summed E-state index contributed by atoms with van der Waals surface area (Å²) in [5, 5.41) is 0. The van der Waals surface area contributed by atoms with Gasteiger partial charge < -0.3 is 14.0 Å². The first kappa shape index (κ1) is 20.1. The topological polar surface area (TPSA) is 18.5 Å². The maximum atomic E-state index is 5.96. The zero-order chi connectivity index (χ0) is 18.8. The summed E-state index contributed by atoms with van der Waals surface area (Å²) in [5.41, 5.74) is 2.31. The molecule has 0 radical (unpaired) electrons. The minimum absolute atomic E-state index is 0.760. The molecule has 0 spiro atoms. The van der Waals surface area contributed by atoms with Crippen molar-refractivity contribution in [1.82, 2.24) is 0 Å². The van der Waals surface area contributed by atoms with Gasteiger partial charge in [-0.2, -0.15) is 0 Å². The highest BCUT2D eigenvalue weighted by molar-refractivity contribution is 5.70. The van der Waals surface area contributed by atoms with Gasteiger partial charge in [-0.3, -0.25) is 0 Å². The SMILES string of the molecule is CC[N+](CC)(CC)CCOc1ccc(C=Cc2ccc(OC)cc2)cc1. The van der Waals surface area contributed by atoms with E-state index in [0.717, 1.165) is 59.9 Å². The quantitative estimate of drug-likeness (QED) is 0.435. The largest absolute Gasteiger partial charge is 0.497 e. The molecule has 2 rings (SSSR count). The van der Waals surface area contributed by atoms with Crippen LogP contribution in [0.3, 0.4) is 0 Å². The normalized spacial score (nSPS) is 11.7. The third-order valence-corrected chi connectivity index (χ3v) is 5.31. The number of ether oxygens (including phenoxy) is 2. The van der Waals surface area contributed by atoms with Crippen LogP contribution in [0.2, 0.25) is 0 Å². The number of benzene rings is 2. The number of hydrogen-bond donors (Lipinski definition) is 0. The molecule has 0 unspecified atom stereocenters. The molecule has 26 heavy (non-hydrogen) atoms. The highest BCUT2D eigenvalue weighted by atomic mass is 16.5. The molecule has 0 aliphatic heterocycles. The molecule has 0 aliphatic carbocycles. The van der Waals surface area contributed by atoms with Crippen LogP contribution in [0.5, 0.6) is 11.5 Å². The summed E-state index contributed by atoms with van der Waals surface area (Å²) in [6, 6.07) is 16.3. The van der Waals surface area contributed by atoms with Crippen molar-refractivity contribution in [2.75, 3.05) is 39.9 Å². The van der Waals surface area contributed by atoms with Crippen LogP contribution in [0.1, 0.15) is 31.9 Å². The second-order valence-electron chi connectivity index (χ2n) is 6.54. The Labute approximate surface area is 158 Å². The van der Waals surface area contributed by atoms with Crippen LogP contribution in [0.25, 0.3) is 12.2 Å². The minimum atomic E-state index is 0.760. The molecule has 0 atom stereocenters. The zero-order valence-corrected chi connectivity index (χ0v) is 16.6. The van der Waals surface area contributed by atoms with E-state index in [9.17, 15) is 0 Å². The molecule has 2 aromatic carbocycles. The average Bonchev–Trinajstić information content (AvgIpc) is 2.71. The molecule has 0 amide bonds. The smallest absolute Gasteiger partial charge is 0.137 e. The molecule has 2 aromatic rings. The number of quaternary nitrogens is 1. The third kappa shape index (κ3) is 5.63. The molecule has 3 nitrogen and oxygen atoms in total. The molecule has 0 heterocycles. The fraction of sp³-hybridized carbons (Fsp3) is 0.391. The van der Waals surface area contributed by atoms with Crippen molar-refractivity contribution < 1.29 is 14.0 Å². The fourth-order valence-corrected chi connectivity index (χ4v) is 3.08. The Bertz CT molecular complexity index is 662. The van der Waals surface area contributed by atoms with Crippen LogP contribution in [0.4, 0.5) is 0 Å². The maximum absolute atomic E-state index is 5.96. The van der Waals surface area contributed by atoms with Crippen molar-refractivity contribution in [2.24, 2.45) is 0 Å². The predicted molar refractivity (Wildman–Crippen MR) is 111 cm³/mol. The van der Waals surface area contributed by atoms with Gasteiger partial charge in [0.1, 0.15) is 24.7 Å². The molecule has 0 saturated heterocycles. The second kappa shape index (κ2) is 10.0. The number of rotatable bonds is 10. The van der Waals surface area contributed by atoms with Crippen LogP contribution < -0.4 is 9.47 Å². The van der Waals surface area contributed by atoms with Gasteiger partial charge in [-0.1, -0.05) is 36.4 Å². The Kier molecular flexibility index (Phi) is 7.73. The molecule has 0 saturated carbocycles. The first-order valence-corrected chi connectivity index (χ1v) is 9.54. The van der Waals surface area contributed by atoms with Crippen LogP contribution in [-0.2, 0) is 0 Å². The lowest BCUT2D eigenvalue weighted by Crippen LogP contribution is -2.49. The molecule has 0 fully saturated rings. The van der Waals surface area contributed by atoms with E-state index in [4.69, 9.17) is 9.47 Å². The van der Waals surface area contributed by atoms with Crippen molar-refractivity contribution >= 4 is 12.2 Å². The van der Waals surface area contributed by atoms with Crippen molar-refractivity contribution in [3.8, 4) is 11.5 Å². The summed E-state index contributed by atoms with van der Waals surface area (Å²) in [6.45, 7) is 12.1. The Morgan fingerprint density at radius 2 is 1.19 bits per heavy atom. The van der Waals surface area contributed by atoms with E-state index in [2.05, 4.69) is 45.1 Å². The number of hydrogen-bond acceptors (Lipinski definition) is 2. The van der Waals surface area contributed by atoms with Gasteiger partial charge >= 0.3 is 0 Å². The highest BCUT2D eigenvalue weighted by Gasteiger charge is 2.20. The summed E-state index contributed by atoms with van der Waals surface area (Å²) in [7, 11) is 1.68. The van der Waals surface area contributed by atoms with Gasteiger partial charge in [-0.25, -0.2) is 0 Å². The van der Waals surface area contributed by atoms with E-state index in [0.29, 0.717) is 0 Å². The first-order valence-electron chi connectivity index (χ1n) is 9.54. The zero-order valence-electron chi connectivity index (χ0n) is 16.6. The highest BCUT2D eigenvalue weighted by Crippen LogP contribution is 2.17. The van der Waals surface area contributed by atoms with E-state index in [1.165, 1.54) is 0 Å². The molecule has 0 aromatic heterocycles. The van der Waals surface area contributed by atoms with Crippen LogP contribution in [0.15, 0.2) is 48.5 Å². The minimum Gasteiger partial charge on any atom is -0.497 e. The van der Waals surface area contributed by atoms with Gasteiger partial charge in [0.25, 0.3) is 0 Å². The van der Waals surface area contributed by atoms with Crippen LogP contribution in [0, 0.1) is 0 Å². The van der Waals surface area contributed by atoms with Gasteiger partial charge in [0.15, 0.2) is 0 Å². The summed E-state index contributed by atoms with van der Waals surface area (Å²) in [4.78, 5) is 0. The van der Waals surface area contributed by atoms with Crippen molar-refractivity contribution in [3.05, 3.63) is 59.7 Å². The van der Waals surface area contributed by atoms with Crippen molar-refractivity contribution in [1.29, 1.82) is 0 Å². The van der Waals surface area contributed by atoms with Gasteiger partial charge in [0.2, 0.25) is 0 Å². The van der Waals surface area contributed by atoms with Crippen molar-refractivity contribution in [3.63, 3.8) is 0 Å². The average molecular weight is 355 g/mol. The lowest BCUT2D eigenvalue weighted by molar-refractivity contribution is -0.923. The first-order chi connectivity index (χ1) is 12.6. The van der Waals surface area contributed by atoms with E-state index in [-0.39, 0.29) is 0 Å². The Hall–Kier alpha value is -2.26. The van der Waals surface area contributed by atoms with Crippen LogP contribution >= 0.6 is 0 Å².